The molecule has 0 aliphatic heterocycles. The van der Waals surface area contributed by atoms with E-state index in [1.165, 1.54) is 18.2 Å². The third kappa shape index (κ3) is 4.61. The lowest BCUT2D eigenvalue weighted by atomic mass is 9.91. The molecule has 1 N–H and O–H groups in total. The number of hydrogen-bond donors (Lipinski definition) is 1. The third-order valence-corrected chi connectivity index (χ3v) is 3.96. The van der Waals surface area contributed by atoms with Crippen molar-refractivity contribution in [3.05, 3.63) is 69.7 Å². The number of rotatable bonds is 6. The summed E-state index contributed by atoms with van der Waals surface area (Å²) >= 11 is 3.26. The van der Waals surface area contributed by atoms with Gasteiger partial charge in [-0.2, -0.15) is 0 Å². The molecule has 0 saturated heterocycles. The Hall–Kier alpha value is -1.26. The highest BCUT2D eigenvalue weighted by Gasteiger charge is 2.15. The Labute approximate surface area is 132 Å². The lowest BCUT2D eigenvalue weighted by Gasteiger charge is -2.18. The topological polar surface area (TPSA) is 12.0 Å². The van der Waals surface area contributed by atoms with Crippen LogP contribution in [0.1, 0.15) is 24.0 Å². The minimum Gasteiger partial charge on any atom is -0.316 e. The van der Waals surface area contributed by atoms with Gasteiger partial charge in [0.1, 0.15) is 11.6 Å². The van der Waals surface area contributed by atoms with Crippen molar-refractivity contribution in [2.75, 3.05) is 13.1 Å². The van der Waals surface area contributed by atoms with Crippen LogP contribution in [-0.4, -0.2) is 13.1 Å². The van der Waals surface area contributed by atoms with E-state index in [9.17, 15) is 8.78 Å². The Balaban J connectivity index is 2.21. The zero-order valence-corrected chi connectivity index (χ0v) is 13.5. The Morgan fingerprint density at radius 2 is 1.81 bits per heavy atom. The second kappa shape index (κ2) is 7.66. The Morgan fingerprint density at radius 3 is 2.43 bits per heavy atom. The van der Waals surface area contributed by atoms with Crippen molar-refractivity contribution in [1.29, 1.82) is 0 Å². The Bertz CT molecular complexity index is 584. The molecule has 1 atom stereocenters. The third-order valence-electron chi connectivity index (χ3n) is 3.46. The molecule has 2 aromatic carbocycles. The number of hydrogen-bond acceptors (Lipinski definition) is 1. The van der Waals surface area contributed by atoms with Crippen LogP contribution < -0.4 is 5.32 Å². The average Bonchev–Trinajstić information content (AvgIpc) is 2.46. The van der Waals surface area contributed by atoms with Crippen molar-refractivity contribution in [3.8, 4) is 0 Å². The molecule has 0 amide bonds. The van der Waals surface area contributed by atoms with E-state index >= 15 is 0 Å². The fourth-order valence-electron chi connectivity index (χ4n) is 2.31. The van der Waals surface area contributed by atoms with Crippen molar-refractivity contribution in [1.82, 2.24) is 5.32 Å². The molecule has 4 heteroatoms. The molecule has 1 unspecified atom stereocenters. The van der Waals surface area contributed by atoms with Gasteiger partial charge in [0.25, 0.3) is 0 Å². The number of nitrogens with one attached hydrogen (secondary N) is 1. The van der Waals surface area contributed by atoms with E-state index in [1.54, 1.807) is 18.2 Å². The van der Waals surface area contributed by atoms with E-state index < -0.39 is 0 Å². The highest BCUT2D eigenvalue weighted by atomic mass is 79.9. The zero-order chi connectivity index (χ0) is 15.2. The summed E-state index contributed by atoms with van der Waals surface area (Å²) in [6, 6.07) is 11.6. The van der Waals surface area contributed by atoms with Gasteiger partial charge in [-0.05, 0) is 48.4 Å². The van der Waals surface area contributed by atoms with Gasteiger partial charge in [-0.1, -0.05) is 41.1 Å². The minimum atomic E-state index is -0.254. The molecule has 0 fully saturated rings. The van der Waals surface area contributed by atoms with Crippen molar-refractivity contribution >= 4 is 15.9 Å². The lowest BCUT2D eigenvalue weighted by molar-refractivity contribution is 0.560. The van der Waals surface area contributed by atoms with Crippen LogP contribution in [0.4, 0.5) is 8.78 Å². The van der Waals surface area contributed by atoms with Crippen LogP contribution >= 0.6 is 15.9 Å². The van der Waals surface area contributed by atoms with Gasteiger partial charge < -0.3 is 5.32 Å². The molecule has 0 spiro atoms. The lowest BCUT2D eigenvalue weighted by Crippen LogP contribution is -2.23. The van der Waals surface area contributed by atoms with E-state index in [0.717, 1.165) is 23.1 Å². The normalized spacial score (nSPS) is 12.4. The summed E-state index contributed by atoms with van der Waals surface area (Å²) in [7, 11) is 0. The summed E-state index contributed by atoms with van der Waals surface area (Å²) in [6.07, 6.45) is 0.581. The summed E-state index contributed by atoms with van der Waals surface area (Å²) in [5.41, 5.74) is 1.69. The second-order valence-corrected chi connectivity index (χ2v) is 5.91. The summed E-state index contributed by atoms with van der Waals surface area (Å²) < 4.78 is 27.8. The zero-order valence-electron chi connectivity index (χ0n) is 11.9. The maximum Gasteiger partial charge on any atom is 0.127 e. The van der Waals surface area contributed by atoms with Gasteiger partial charge in [0, 0.05) is 16.9 Å². The van der Waals surface area contributed by atoms with E-state index in [1.807, 2.05) is 13.0 Å². The number of likely N-dealkylation sites (N-methyl/N-ethyl adjacent to an activating group) is 1. The van der Waals surface area contributed by atoms with Gasteiger partial charge in [0.2, 0.25) is 0 Å². The highest BCUT2D eigenvalue weighted by Crippen LogP contribution is 2.24. The van der Waals surface area contributed by atoms with Crippen LogP contribution in [0.15, 0.2) is 46.9 Å². The summed E-state index contributed by atoms with van der Waals surface area (Å²) in [5, 5.41) is 3.29. The molecule has 0 aliphatic rings. The first kappa shape index (κ1) is 16.1. The highest BCUT2D eigenvalue weighted by molar-refractivity contribution is 9.10. The van der Waals surface area contributed by atoms with Crippen LogP contribution in [0.5, 0.6) is 0 Å². The van der Waals surface area contributed by atoms with Crippen LogP contribution in [0, 0.1) is 11.6 Å². The molecule has 1 nitrogen and oxygen atoms in total. The fraction of sp³-hybridized carbons (Fsp3) is 0.294. The summed E-state index contributed by atoms with van der Waals surface area (Å²) in [5.74, 6) is -0.356. The van der Waals surface area contributed by atoms with Crippen LogP contribution in [-0.2, 0) is 6.42 Å². The van der Waals surface area contributed by atoms with Crippen molar-refractivity contribution in [2.24, 2.45) is 0 Å². The van der Waals surface area contributed by atoms with Crippen molar-refractivity contribution in [2.45, 2.75) is 19.3 Å². The predicted molar refractivity (Wildman–Crippen MR) is 85.5 cm³/mol. The van der Waals surface area contributed by atoms with E-state index in [-0.39, 0.29) is 17.6 Å². The Kier molecular flexibility index (Phi) is 5.88. The van der Waals surface area contributed by atoms with E-state index in [4.69, 9.17) is 0 Å². The van der Waals surface area contributed by atoms with Crippen LogP contribution in [0.25, 0.3) is 0 Å². The molecule has 0 aromatic heterocycles. The molecular weight excluding hydrogens is 336 g/mol. The molecule has 0 saturated carbocycles. The first-order valence-electron chi connectivity index (χ1n) is 7.00. The number of halogens is 3. The van der Waals surface area contributed by atoms with Gasteiger partial charge in [0.15, 0.2) is 0 Å². The maximum atomic E-state index is 14.0. The van der Waals surface area contributed by atoms with Crippen LogP contribution in [0.3, 0.4) is 0 Å². The van der Waals surface area contributed by atoms with Crippen LogP contribution in [0.2, 0.25) is 0 Å². The average molecular weight is 354 g/mol. The van der Waals surface area contributed by atoms with E-state index in [2.05, 4.69) is 21.2 Å². The molecule has 0 bridgehead atoms. The van der Waals surface area contributed by atoms with Gasteiger partial charge in [-0.15, -0.1) is 0 Å². The second-order valence-electron chi connectivity index (χ2n) is 5.00. The molecule has 2 aromatic rings. The predicted octanol–water partition coefficient (Wildman–Crippen LogP) is 4.66. The number of benzene rings is 2. The van der Waals surface area contributed by atoms with Gasteiger partial charge in [0.05, 0.1) is 0 Å². The minimum absolute atomic E-state index is 0.112. The van der Waals surface area contributed by atoms with E-state index in [0.29, 0.717) is 12.0 Å². The standard InChI is InChI=1S/C17H18BrF2N/c1-2-21-11-14(12-4-7-16(19)8-5-12)9-13-3-6-15(18)10-17(13)20/h3-8,10,14,21H,2,9,11H2,1H3. The summed E-state index contributed by atoms with van der Waals surface area (Å²) in [6.45, 7) is 3.61. The SMILES string of the molecule is CCNCC(Cc1ccc(Br)cc1F)c1ccc(F)cc1. The molecule has 0 radical (unpaired) electrons. The molecule has 0 heterocycles. The monoisotopic (exact) mass is 353 g/mol. The maximum absolute atomic E-state index is 14.0. The largest absolute Gasteiger partial charge is 0.316 e. The molecule has 112 valence electrons. The van der Waals surface area contributed by atoms with Gasteiger partial charge >= 0.3 is 0 Å². The molecule has 21 heavy (non-hydrogen) atoms. The van der Waals surface area contributed by atoms with Crippen molar-refractivity contribution < 1.29 is 8.78 Å². The van der Waals surface area contributed by atoms with Gasteiger partial charge in [-0.25, -0.2) is 8.78 Å². The smallest absolute Gasteiger partial charge is 0.127 e. The first-order valence-corrected chi connectivity index (χ1v) is 7.79. The van der Waals surface area contributed by atoms with Crippen molar-refractivity contribution in [3.63, 3.8) is 0 Å². The molecule has 2 rings (SSSR count). The Morgan fingerprint density at radius 1 is 1.10 bits per heavy atom. The molecular formula is C17H18BrF2N. The van der Waals surface area contributed by atoms with Gasteiger partial charge in [-0.3, -0.25) is 0 Å². The fourth-order valence-corrected chi connectivity index (χ4v) is 2.65. The first-order chi connectivity index (χ1) is 10.1. The summed E-state index contributed by atoms with van der Waals surface area (Å²) in [4.78, 5) is 0. The molecule has 0 aliphatic carbocycles. The quantitative estimate of drug-likeness (QED) is 0.795.